The number of nitrogens with zero attached hydrogens (tertiary/aromatic N) is 3. The van der Waals surface area contributed by atoms with E-state index in [-0.39, 0.29) is 0 Å². The van der Waals surface area contributed by atoms with Gasteiger partial charge in [-0.25, -0.2) is 4.98 Å². The van der Waals surface area contributed by atoms with Crippen LogP contribution in [0.25, 0.3) is 11.0 Å². The van der Waals surface area contributed by atoms with E-state index in [9.17, 15) is 13.2 Å². The number of rotatable bonds is 5. The van der Waals surface area contributed by atoms with E-state index < -0.39 is 11.7 Å². The fourth-order valence-electron chi connectivity index (χ4n) is 3.16. The summed E-state index contributed by atoms with van der Waals surface area (Å²) in [7, 11) is 0. The normalized spacial score (nSPS) is 12.0. The predicted molar refractivity (Wildman–Crippen MR) is 106 cm³/mol. The van der Waals surface area contributed by atoms with Gasteiger partial charge < -0.3 is 9.09 Å². The molecular weight excluding hydrogens is 399 g/mol. The summed E-state index contributed by atoms with van der Waals surface area (Å²) in [4.78, 5) is 4.52. The average molecular weight is 417 g/mol. The van der Waals surface area contributed by atoms with Crippen LogP contribution in [0.2, 0.25) is 0 Å². The zero-order valence-electron chi connectivity index (χ0n) is 15.8. The van der Waals surface area contributed by atoms with E-state index in [4.69, 9.17) is 4.52 Å². The molecule has 0 radical (unpaired) electrons. The first kappa shape index (κ1) is 19.6. The second-order valence-electron chi connectivity index (χ2n) is 6.76. The van der Waals surface area contributed by atoms with Gasteiger partial charge in [0.2, 0.25) is 0 Å². The van der Waals surface area contributed by atoms with Crippen LogP contribution in [-0.4, -0.2) is 14.7 Å². The quantitative estimate of drug-likeness (QED) is 0.374. The van der Waals surface area contributed by atoms with Crippen molar-refractivity contribution in [3.05, 3.63) is 76.7 Å². The maximum atomic E-state index is 13.1. The second kappa shape index (κ2) is 7.59. The Kier molecular flexibility index (Phi) is 5.12. The number of benzene rings is 2. The molecule has 2 aromatic heterocycles. The molecule has 0 saturated carbocycles. The van der Waals surface area contributed by atoms with Gasteiger partial charge in [-0.1, -0.05) is 47.3 Å². The number of aromatic nitrogens is 3. The topological polar surface area (TPSA) is 43.9 Å². The third kappa shape index (κ3) is 4.03. The predicted octanol–water partition coefficient (Wildman–Crippen LogP) is 6.00. The van der Waals surface area contributed by atoms with Crippen molar-refractivity contribution >= 4 is 22.8 Å². The molecule has 150 valence electrons. The van der Waals surface area contributed by atoms with Gasteiger partial charge in [-0.05, 0) is 37.6 Å². The lowest BCUT2D eigenvalue weighted by Crippen LogP contribution is -2.05. The number of thioether (sulfide) groups is 1. The highest BCUT2D eigenvalue weighted by molar-refractivity contribution is 7.98. The molecule has 4 nitrogen and oxygen atoms in total. The van der Waals surface area contributed by atoms with Crippen LogP contribution in [-0.2, 0) is 18.5 Å². The van der Waals surface area contributed by atoms with Gasteiger partial charge in [-0.2, -0.15) is 13.2 Å². The molecule has 0 fully saturated rings. The fourth-order valence-corrected chi connectivity index (χ4v) is 4.32. The van der Waals surface area contributed by atoms with Crippen molar-refractivity contribution in [2.75, 3.05) is 0 Å². The second-order valence-corrected chi connectivity index (χ2v) is 7.70. The summed E-state index contributed by atoms with van der Waals surface area (Å²) in [6, 6.07) is 13.5. The Morgan fingerprint density at radius 3 is 2.48 bits per heavy atom. The molecule has 0 aliphatic rings. The number of imidazole rings is 1. The fraction of sp³-hybridized carbons (Fsp3) is 0.238. The van der Waals surface area contributed by atoms with Crippen molar-refractivity contribution in [1.29, 1.82) is 0 Å². The zero-order chi connectivity index (χ0) is 20.6. The number of hydrogen-bond acceptors (Lipinski definition) is 4. The van der Waals surface area contributed by atoms with E-state index in [2.05, 4.69) is 10.1 Å². The highest BCUT2D eigenvalue weighted by Gasteiger charge is 2.31. The van der Waals surface area contributed by atoms with E-state index >= 15 is 0 Å². The van der Waals surface area contributed by atoms with Gasteiger partial charge in [0.15, 0.2) is 5.16 Å². The van der Waals surface area contributed by atoms with Gasteiger partial charge in [0, 0.05) is 11.3 Å². The molecule has 29 heavy (non-hydrogen) atoms. The lowest BCUT2D eigenvalue weighted by atomic mass is 10.2. The van der Waals surface area contributed by atoms with Crippen LogP contribution >= 0.6 is 11.8 Å². The number of aryl methyl sites for hydroxylation is 2. The SMILES string of the molecule is Cc1noc(C)c1CSc1nc2cc(C(F)(F)F)ccc2n1Cc1ccccc1. The van der Waals surface area contributed by atoms with Gasteiger partial charge in [0.25, 0.3) is 0 Å². The van der Waals surface area contributed by atoms with Crippen molar-refractivity contribution < 1.29 is 17.7 Å². The molecule has 0 aliphatic heterocycles. The molecule has 2 aromatic carbocycles. The molecular formula is C21H18F3N3OS. The molecule has 0 N–H and O–H groups in total. The van der Waals surface area contributed by atoms with Gasteiger partial charge >= 0.3 is 6.18 Å². The largest absolute Gasteiger partial charge is 0.416 e. The molecule has 0 spiro atoms. The van der Waals surface area contributed by atoms with Crippen molar-refractivity contribution in [1.82, 2.24) is 14.7 Å². The van der Waals surface area contributed by atoms with Crippen LogP contribution in [0.5, 0.6) is 0 Å². The molecule has 8 heteroatoms. The summed E-state index contributed by atoms with van der Waals surface area (Å²) in [5.41, 5.74) is 3.13. The molecule has 0 aliphatic carbocycles. The molecule has 0 bridgehead atoms. The highest BCUT2D eigenvalue weighted by atomic mass is 32.2. The van der Waals surface area contributed by atoms with E-state index in [1.165, 1.54) is 17.8 Å². The Morgan fingerprint density at radius 1 is 1.07 bits per heavy atom. The molecule has 4 rings (SSSR count). The monoisotopic (exact) mass is 417 g/mol. The summed E-state index contributed by atoms with van der Waals surface area (Å²) in [6.07, 6.45) is -4.40. The molecule has 0 amide bonds. The lowest BCUT2D eigenvalue weighted by Gasteiger charge is -2.10. The lowest BCUT2D eigenvalue weighted by molar-refractivity contribution is -0.137. The highest BCUT2D eigenvalue weighted by Crippen LogP contribution is 2.34. The van der Waals surface area contributed by atoms with Gasteiger partial charge in [-0.15, -0.1) is 0 Å². The molecule has 2 heterocycles. The summed E-state index contributed by atoms with van der Waals surface area (Å²) in [6.45, 7) is 4.24. The van der Waals surface area contributed by atoms with Crippen LogP contribution in [0.3, 0.4) is 0 Å². The number of alkyl halides is 3. The maximum absolute atomic E-state index is 13.1. The first-order valence-electron chi connectivity index (χ1n) is 8.99. The van der Waals surface area contributed by atoms with Crippen LogP contribution in [0, 0.1) is 13.8 Å². The Balaban J connectivity index is 1.74. The Hall–Kier alpha value is -2.74. The van der Waals surface area contributed by atoms with Crippen molar-refractivity contribution in [3.8, 4) is 0 Å². The molecule has 0 unspecified atom stereocenters. The Labute approximate surface area is 169 Å². The molecule has 0 atom stereocenters. The zero-order valence-corrected chi connectivity index (χ0v) is 16.6. The van der Waals surface area contributed by atoms with E-state index in [0.717, 1.165) is 34.7 Å². The first-order valence-corrected chi connectivity index (χ1v) is 9.97. The van der Waals surface area contributed by atoms with Crippen LogP contribution < -0.4 is 0 Å². The van der Waals surface area contributed by atoms with Crippen LogP contribution in [0.15, 0.2) is 58.2 Å². The first-order chi connectivity index (χ1) is 13.8. The minimum atomic E-state index is -4.40. The van der Waals surface area contributed by atoms with Crippen molar-refractivity contribution in [3.63, 3.8) is 0 Å². The van der Waals surface area contributed by atoms with Crippen molar-refractivity contribution in [2.24, 2.45) is 0 Å². The summed E-state index contributed by atoms with van der Waals surface area (Å²) >= 11 is 1.46. The number of halogens is 3. The van der Waals surface area contributed by atoms with Crippen molar-refractivity contribution in [2.45, 2.75) is 37.5 Å². The van der Waals surface area contributed by atoms with Crippen LogP contribution in [0.1, 0.15) is 28.1 Å². The molecule has 4 aromatic rings. The number of fused-ring (bicyclic) bond motifs is 1. The van der Waals surface area contributed by atoms with Gasteiger partial charge in [-0.3, -0.25) is 0 Å². The third-order valence-corrected chi connectivity index (χ3v) is 5.75. The molecule has 0 saturated heterocycles. The standard InChI is InChI=1S/C21H18F3N3OS/c1-13-17(14(2)28-26-13)12-29-20-25-18-10-16(21(22,23)24)8-9-19(18)27(20)11-15-6-4-3-5-7-15/h3-10H,11-12H2,1-2H3. The van der Waals surface area contributed by atoms with Gasteiger partial charge in [0.1, 0.15) is 5.76 Å². The Bertz CT molecular complexity index is 1130. The minimum Gasteiger partial charge on any atom is -0.361 e. The van der Waals surface area contributed by atoms with E-state index in [0.29, 0.717) is 28.5 Å². The third-order valence-electron chi connectivity index (χ3n) is 4.75. The summed E-state index contributed by atoms with van der Waals surface area (Å²) < 4.78 is 46.6. The minimum absolute atomic E-state index is 0.331. The van der Waals surface area contributed by atoms with Crippen LogP contribution in [0.4, 0.5) is 13.2 Å². The smallest absolute Gasteiger partial charge is 0.361 e. The Morgan fingerprint density at radius 2 is 1.83 bits per heavy atom. The number of hydrogen-bond donors (Lipinski definition) is 0. The maximum Gasteiger partial charge on any atom is 0.416 e. The van der Waals surface area contributed by atoms with Gasteiger partial charge in [0.05, 0.1) is 28.8 Å². The summed E-state index contributed by atoms with van der Waals surface area (Å²) in [5, 5.41) is 4.62. The summed E-state index contributed by atoms with van der Waals surface area (Å²) in [5.74, 6) is 1.31. The van der Waals surface area contributed by atoms with E-state index in [1.54, 1.807) is 0 Å². The average Bonchev–Trinajstić information content (AvgIpc) is 3.19. The van der Waals surface area contributed by atoms with E-state index in [1.807, 2.05) is 48.7 Å².